The average Bonchev–Trinajstić information content (AvgIpc) is 3.19. The molecule has 1 saturated heterocycles. The number of aromatic nitrogens is 2. The van der Waals surface area contributed by atoms with E-state index >= 15 is 0 Å². The Hall–Kier alpha value is -2.14. The van der Waals surface area contributed by atoms with Crippen molar-refractivity contribution < 1.29 is 4.79 Å². The topological polar surface area (TPSA) is 59.0 Å². The summed E-state index contributed by atoms with van der Waals surface area (Å²) >= 11 is 0. The van der Waals surface area contributed by atoms with Crippen LogP contribution in [0.4, 0.5) is 5.69 Å². The second-order valence-electron chi connectivity index (χ2n) is 5.47. The summed E-state index contributed by atoms with van der Waals surface area (Å²) in [5, 5.41) is 6.30. The highest BCUT2D eigenvalue weighted by molar-refractivity contribution is 5.90. The Balaban J connectivity index is 1.56. The Morgan fingerprint density at radius 1 is 1.48 bits per heavy atom. The van der Waals surface area contributed by atoms with Crippen molar-refractivity contribution >= 4 is 11.6 Å². The molecule has 5 nitrogen and oxygen atoms in total. The van der Waals surface area contributed by atoms with Crippen LogP contribution in [0.1, 0.15) is 19.3 Å². The fourth-order valence-corrected chi connectivity index (χ4v) is 2.68. The van der Waals surface area contributed by atoms with Crippen LogP contribution in [0, 0.1) is 5.92 Å². The molecule has 1 aliphatic rings. The van der Waals surface area contributed by atoms with Gasteiger partial charge in [-0.1, -0.05) is 6.07 Å². The van der Waals surface area contributed by atoms with Crippen LogP contribution in [0.25, 0.3) is 5.69 Å². The number of nitrogens with zero attached hydrogens (tertiary/aromatic N) is 2. The van der Waals surface area contributed by atoms with Gasteiger partial charge >= 0.3 is 0 Å². The summed E-state index contributed by atoms with van der Waals surface area (Å²) in [6.07, 6.45) is 8.09. The Labute approximate surface area is 124 Å². The number of amides is 1. The van der Waals surface area contributed by atoms with Crippen molar-refractivity contribution in [1.82, 2.24) is 14.9 Å². The van der Waals surface area contributed by atoms with E-state index in [4.69, 9.17) is 0 Å². The standard InChI is InChI=1S/C16H20N4O/c21-16(5-4-13-6-7-17-11-13)19-14-2-1-3-15(10-14)20-9-8-18-12-20/h1-3,8-10,12-13,17H,4-7,11H2,(H,19,21). The molecule has 1 fully saturated rings. The summed E-state index contributed by atoms with van der Waals surface area (Å²) in [4.78, 5) is 16.0. The maximum absolute atomic E-state index is 12.0. The third-order valence-corrected chi connectivity index (χ3v) is 3.87. The molecule has 2 N–H and O–H groups in total. The van der Waals surface area contributed by atoms with Crippen LogP contribution in [0.5, 0.6) is 0 Å². The molecule has 1 aromatic heterocycles. The zero-order valence-electron chi connectivity index (χ0n) is 12.0. The van der Waals surface area contributed by atoms with E-state index < -0.39 is 0 Å². The molecular weight excluding hydrogens is 264 g/mol. The predicted octanol–water partition coefficient (Wildman–Crippen LogP) is 2.20. The lowest BCUT2D eigenvalue weighted by Crippen LogP contribution is -2.15. The molecule has 3 rings (SSSR count). The molecule has 0 aliphatic carbocycles. The molecule has 5 heteroatoms. The third kappa shape index (κ3) is 3.70. The van der Waals surface area contributed by atoms with Gasteiger partial charge in [0, 0.05) is 30.2 Å². The Kier molecular flexibility index (Phi) is 4.31. The van der Waals surface area contributed by atoms with E-state index in [0.29, 0.717) is 12.3 Å². The van der Waals surface area contributed by atoms with E-state index in [9.17, 15) is 4.79 Å². The van der Waals surface area contributed by atoms with E-state index in [1.807, 2.05) is 35.0 Å². The fraction of sp³-hybridized carbons (Fsp3) is 0.375. The summed E-state index contributed by atoms with van der Waals surface area (Å²) in [7, 11) is 0. The van der Waals surface area contributed by atoms with Crippen LogP contribution in [-0.2, 0) is 4.79 Å². The van der Waals surface area contributed by atoms with E-state index in [1.165, 1.54) is 6.42 Å². The highest BCUT2D eigenvalue weighted by Gasteiger charge is 2.15. The van der Waals surface area contributed by atoms with Crippen molar-refractivity contribution in [2.24, 2.45) is 5.92 Å². The Morgan fingerprint density at radius 3 is 3.19 bits per heavy atom. The molecule has 21 heavy (non-hydrogen) atoms. The van der Waals surface area contributed by atoms with Crippen molar-refractivity contribution in [3.63, 3.8) is 0 Å². The van der Waals surface area contributed by atoms with Crippen molar-refractivity contribution in [2.45, 2.75) is 19.3 Å². The summed E-state index contributed by atoms with van der Waals surface area (Å²) < 4.78 is 1.92. The summed E-state index contributed by atoms with van der Waals surface area (Å²) in [5.74, 6) is 0.734. The largest absolute Gasteiger partial charge is 0.326 e. The lowest BCUT2D eigenvalue weighted by molar-refractivity contribution is -0.116. The number of hydrogen-bond donors (Lipinski definition) is 2. The quantitative estimate of drug-likeness (QED) is 0.885. The normalized spacial score (nSPS) is 17.8. The molecule has 1 aromatic carbocycles. The number of rotatable bonds is 5. The van der Waals surface area contributed by atoms with Crippen molar-refractivity contribution in [1.29, 1.82) is 0 Å². The molecular formula is C16H20N4O. The molecule has 1 atom stereocenters. The molecule has 0 saturated carbocycles. The van der Waals surface area contributed by atoms with Gasteiger partial charge in [0.25, 0.3) is 0 Å². The lowest BCUT2D eigenvalue weighted by Gasteiger charge is -2.10. The first-order valence-electron chi connectivity index (χ1n) is 7.40. The second-order valence-corrected chi connectivity index (χ2v) is 5.47. The smallest absolute Gasteiger partial charge is 0.224 e. The van der Waals surface area contributed by atoms with Gasteiger partial charge in [-0.2, -0.15) is 0 Å². The Bertz CT molecular complexity index is 588. The molecule has 0 radical (unpaired) electrons. The zero-order valence-corrected chi connectivity index (χ0v) is 12.0. The van der Waals surface area contributed by atoms with Crippen molar-refractivity contribution in [3.8, 4) is 5.69 Å². The van der Waals surface area contributed by atoms with E-state index in [0.717, 1.165) is 30.9 Å². The van der Waals surface area contributed by atoms with Crippen LogP contribution < -0.4 is 10.6 Å². The van der Waals surface area contributed by atoms with Gasteiger partial charge in [0.05, 0.1) is 6.33 Å². The van der Waals surface area contributed by atoms with E-state index in [-0.39, 0.29) is 5.91 Å². The van der Waals surface area contributed by atoms with Crippen molar-refractivity contribution in [3.05, 3.63) is 43.0 Å². The number of imidazole rings is 1. The van der Waals surface area contributed by atoms with Crippen LogP contribution in [0.15, 0.2) is 43.0 Å². The third-order valence-electron chi connectivity index (χ3n) is 3.87. The molecule has 2 heterocycles. The minimum Gasteiger partial charge on any atom is -0.326 e. The maximum Gasteiger partial charge on any atom is 0.224 e. The minimum absolute atomic E-state index is 0.0877. The number of carbonyl (C=O) groups excluding carboxylic acids is 1. The lowest BCUT2D eigenvalue weighted by atomic mass is 10.0. The van der Waals surface area contributed by atoms with E-state index in [2.05, 4.69) is 15.6 Å². The van der Waals surface area contributed by atoms with Crippen molar-refractivity contribution in [2.75, 3.05) is 18.4 Å². The number of carbonyl (C=O) groups is 1. The van der Waals surface area contributed by atoms with Gasteiger partial charge in [-0.15, -0.1) is 0 Å². The highest BCUT2D eigenvalue weighted by Crippen LogP contribution is 2.17. The Morgan fingerprint density at radius 2 is 2.43 bits per heavy atom. The van der Waals surface area contributed by atoms with Crippen LogP contribution in [-0.4, -0.2) is 28.5 Å². The van der Waals surface area contributed by atoms with Gasteiger partial charge in [-0.05, 0) is 50.0 Å². The van der Waals surface area contributed by atoms with Gasteiger partial charge < -0.3 is 15.2 Å². The van der Waals surface area contributed by atoms with E-state index in [1.54, 1.807) is 12.5 Å². The fourth-order valence-electron chi connectivity index (χ4n) is 2.68. The monoisotopic (exact) mass is 284 g/mol. The first kappa shape index (κ1) is 13.8. The molecule has 1 amide bonds. The predicted molar refractivity (Wildman–Crippen MR) is 82.4 cm³/mol. The SMILES string of the molecule is O=C(CCC1CCNC1)Nc1cccc(-n2ccnc2)c1. The average molecular weight is 284 g/mol. The van der Waals surface area contributed by atoms with Gasteiger partial charge in [0.15, 0.2) is 0 Å². The molecule has 110 valence electrons. The van der Waals surface area contributed by atoms with Crippen LogP contribution in [0.2, 0.25) is 0 Å². The number of benzene rings is 1. The number of nitrogens with one attached hydrogen (secondary N) is 2. The molecule has 1 aliphatic heterocycles. The number of anilines is 1. The molecule has 0 spiro atoms. The first-order valence-corrected chi connectivity index (χ1v) is 7.40. The molecule has 2 aromatic rings. The molecule has 1 unspecified atom stereocenters. The van der Waals surface area contributed by atoms with Gasteiger partial charge in [0.1, 0.15) is 0 Å². The summed E-state index contributed by atoms with van der Waals surface area (Å²) in [6, 6.07) is 7.79. The van der Waals surface area contributed by atoms with Gasteiger partial charge in [0.2, 0.25) is 5.91 Å². The molecule has 0 bridgehead atoms. The highest BCUT2D eigenvalue weighted by atomic mass is 16.1. The zero-order chi connectivity index (χ0) is 14.5. The van der Waals surface area contributed by atoms with Crippen LogP contribution >= 0.6 is 0 Å². The van der Waals surface area contributed by atoms with Gasteiger partial charge in [-0.3, -0.25) is 4.79 Å². The minimum atomic E-state index is 0.0877. The second kappa shape index (κ2) is 6.54. The number of hydrogen-bond acceptors (Lipinski definition) is 3. The van der Waals surface area contributed by atoms with Gasteiger partial charge in [-0.25, -0.2) is 4.98 Å². The summed E-state index contributed by atoms with van der Waals surface area (Å²) in [5.41, 5.74) is 1.82. The maximum atomic E-state index is 12.0. The first-order chi connectivity index (χ1) is 10.3. The van der Waals surface area contributed by atoms with Crippen LogP contribution in [0.3, 0.4) is 0 Å². The summed E-state index contributed by atoms with van der Waals surface area (Å²) in [6.45, 7) is 2.13.